The molecule has 2 N–H and O–H groups in total. The van der Waals surface area contributed by atoms with Crippen molar-refractivity contribution in [2.75, 3.05) is 10.0 Å². The fraction of sp³-hybridized carbons (Fsp3) is 0.286. The number of sulfonamides is 1. The first-order chi connectivity index (χ1) is 13.3. The maximum Gasteiger partial charge on any atom is 0.235 e. The molecule has 0 spiro atoms. The van der Waals surface area contributed by atoms with E-state index in [0.717, 1.165) is 27.9 Å². The molecule has 148 valence electrons. The molecule has 28 heavy (non-hydrogen) atoms. The third-order valence-electron chi connectivity index (χ3n) is 4.55. The third-order valence-corrected chi connectivity index (χ3v) is 6.30. The van der Waals surface area contributed by atoms with E-state index in [1.165, 1.54) is 0 Å². The molecule has 0 radical (unpaired) electrons. The van der Waals surface area contributed by atoms with Crippen molar-refractivity contribution in [3.05, 3.63) is 65.5 Å². The van der Waals surface area contributed by atoms with Crippen LogP contribution in [0, 0.1) is 13.8 Å². The topological polar surface area (TPSA) is 84.2 Å². The molecule has 6 nitrogen and oxygen atoms in total. The number of hydrogen-bond acceptors (Lipinski definition) is 5. The molecule has 0 bridgehead atoms. The van der Waals surface area contributed by atoms with Crippen LogP contribution in [-0.2, 0) is 16.6 Å². The lowest BCUT2D eigenvalue weighted by molar-refractivity contribution is 0.574. The highest BCUT2D eigenvalue weighted by molar-refractivity contribution is 7.93. The van der Waals surface area contributed by atoms with Gasteiger partial charge in [0.1, 0.15) is 6.26 Å². The van der Waals surface area contributed by atoms with Crippen LogP contribution >= 0.6 is 0 Å². The van der Waals surface area contributed by atoms with Gasteiger partial charge in [0.2, 0.25) is 15.9 Å². The van der Waals surface area contributed by atoms with Crippen molar-refractivity contribution >= 4 is 21.4 Å². The lowest BCUT2D eigenvalue weighted by Gasteiger charge is -2.15. The van der Waals surface area contributed by atoms with E-state index in [2.05, 4.69) is 15.0 Å². The summed E-state index contributed by atoms with van der Waals surface area (Å²) in [5, 5.41) is 2.95. The van der Waals surface area contributed by atoms with E-state index < -0.39 is 15.3 Å². The third kappa shape index (κ3) is 4.54. The lowest BCUT2D eigenvalue weighted by Crippen LogP contribution is -2.22. The molecule has 0 aliphatic carbocycles. The van der Waals surface area contributed by atoms with Crippen molar-refractivity contribution in [1.29, 1.82) is 0 Å². The number of nitrogens with zero attached hydrogens (tertiary/aromatic N) is 1. The standard InChI is InChI=1S/C21H25N3O3S/c1-14(2)28(25,26)24-20-7-5-17(11-15(20)3)13-23-19-8-6-18(12-16(19)4)21-22-9-10-27-21/h5-12,14,23-24H,13H2,1-4H3. The molecule has 3 aromatic rings. The van der Waals surface area contributed by atoms with E-state index in [4.69, 9.17) is 4.42 Å². The number of aryl methyl sites for hydroxylation is 2. The molecular weight excluding hydrogens is 374 g/mol. The normalized spacial score (nSPS) is 11.6. The minimum Gasteiger partial charge on any atom is -0.445 e. The van der Waals surface area contributed by atoms with Gasteiger partial charge in [-0.3, -0.25) is 4.72 Å². The summed E-state index contributed by atoms with van der Waals surface area (Å²) in [5.41, 5.74) is 5.63. The zero-order chi connectivity index (χ0) is 20.3. The fourth-order valence-electron chi connectivity index (χ4n) is 2.78. The van der Waals surface area contributed by atoms with Gasteiger partial charge in [0.05, 0.1) is 17.1 Å². The second kappa shape index (κ2) is 8.06. The second-order valence-electron chi connectivity index (χ2n) is 7.07. The summed E-state index contributed by atoms with van der Waals surface area (Å²) in [5.74, 6) is 0.602. The van der Waals surface area contributed by atoms with Gasteiger partial charge < -0.3 is 9.73 Å². The van der Waals surface area contributed by atoms with Crippen LogP contribution in [0.1, 0.15) is 30.5 Å². The predicted octanol–water partition coefficient (Wildman–Crippen LogP) is 4.72. The largest absolute Gasteiger partial charge is 0.445 e. The molecule has 0 fully saturated rings. The summed E-state index contributed by atoms with van der Waals surface area (Å²) in [6, 6.07) is 11.7. The zero-order valence-electron chi connectivity index (χ0n) is 16.5. The number of aromatic nitrogens is 1. The molecule has 0 atom stereocenters. The molecule has 0 aliphatic rings. The Hall–Kier alpha value is -2.80. The summed E-state index contributed by atoms with van der Waals surface area (Å²) in [4.78, 5) is 4.17. The molecule has 1 aromatic heterocycles. The summed E-state index contributed by atoms with van der Waals surface area (Å²) < 4.78 is 32.1. The van der Waals surface area contributed by atoms with Gasteiger partial charge in [-0.05, 0) is 68.7 Å². The maximum atomic E-state index is 12.1. The average molecular weight is 400 g/mol. The van der Waals surface area contributed by atoms with Crippen molar-refractivity contribution in [1.82, 2.24) is 4.98 Å². The first kappa shape index (κ1) is 19.9. The van der Waals surface area contributed by atoms with Crippen molar-refractivity contribution in [3.8, 4) is 11.5 Å². The summed E-state index contributed by atoms with van der Waals surface area (Å²) in [7, 11) is -3.35. The van der Waals surface area contributed by atoms with Crippen LogP contribution in [0.5, 0.6) is 0 Å². The van der Waals surface area contributed by atoms with Gasteiger partial charge in [-0.2, -0.15) is 0 Å². The van der Waals surface area contributed by atoms with E-state index in [1.807, 2.05) is 50.2 Å². The predicted molar refractivity (Wildman–Crippen MR) is 113 cm³/mol. The number of anilines is 2. The highest BCUT2D eigenvalue weighted by Gasteiger charge is 2.16. The molecule has 3 rings (SSSR count). The van der Waals surface area contributed by atoms with Crippen molar-refractivity contribution in [2.45, 2.75) is 39.5 Å². The monoisotopic (exact) mass is 399 g/mol. The Kier molecular flexibility index (Phi) is 5.74. The van der Waals surface area contributed by atoms with Gasteiger partial charge in [-0.25, -0.2) is 13.4 Å². The highest BCUT2D eigenvalue weighted by Crippen LogP contribution is 2.25. The van der Waals surface area contributed by atoms with Gasteiger partial charge in [-0.15, -0.1) is 0 Å². The van der Waals surface area contributed by atoms with Crippen molar-refractivity contribution in [2.24, 2.45) is 0 Å². The average Bonchev–Trinajstić information content (AvgIpc) is 3.17. The van der Waals surface area contributed by atoms with Crippen LogP contribution in [0.3, 0.4) is 0 Å². The number of nitrogens with one attached hydrogen (secondary N) is 2. The zero-order valence-corrected chi connectivity index (χ0v) is 17.3. The van der Waals surface area contributed by atoms with E-state index in [0.29, 0.717) is 18.1 Å². The smallest absolute Gasteiger partial charge is 0.235 e. The summed E-state index contributed by atoms with van der Waals surface area (Å²) >= 11 is 0. The summed E-state index contributed by atoms with van der Waals surface area (Å²) in [6.45, 7) is 7.89. The Morgan fingerprint density at radius 2 is 1.75 bits per heavy atom. The molecule has 0 unspecified atom stereocenters. The molecule has 7 heteroatoms. The number of oxazole rings is 1. The van der Waals surface area contributed by atoms with Crippen molar-refractivity contribution in [3.63, 3.8) is 0 Å². The van der Waals surface area contributed by atoms with Gasteiger partial charge in [-0.1, -0.05) is 12.1 Å². The fourth-order valence-corrected chi connectivity index (χ4v) is 3.55. The SMILES string of the molecule is Cc1cc(-c2ncco2)ccc1NCc1ccc(NS(=O)(=O)C(C)C)c(C)c1. The lowest BCUT2D eigenvalue weighted by atomic mass is 10.1. The van der Waals surface area contributed by atoms with Crippen LogP contribution < -0.4 is 10.0 Å². The Morgan fingerprint density at radius 3 is 2.36 bits per heavy atom. The van der Waals surface area contributed by atoms with E-state index in [9.17, 15) is 8.42 Å². The van der Waals surface area contributed by atoms with Crippen LogP contribution in [0.2, 0.25) is 0 Å². The maximum absolute atomic E-state index is 12.1. The van der Waals surface area contributed by atoms with Crippen LogP contribution in [0.15, 0.2) is 53.3 Å². The highest BCUT2D eigenvalue weighted by atomic mass is 32.2. The van der Waals surface area contributed by atoms with E-state index in [1.54, 1.807) is 26.3 Å². The molecule has 0 aliphatic heterocycles. The Labute approximate surface area is 166 Å². The quantitative estimate of drug-likeness (QED) is 0.600. The summed E-state index contributed by atoms with van der Waals surface area (Å²) in [6.07, 6.45) is 3.19. The molecule has 2 aromatic carbocycles. The van der Waals surface area contributed by atoms with Gasteiger partial charge in [0, 0.05) is 17.8 Å². The Bertz CT molecular complexity index is 1060. The first-order valence-electron chi connectivity index (χ1n) is 9.12. The van der Waals surface area contributed by atoms with Crippen molar-refractivity contribution < 1.29 is 12.8 Å². The first-order valence-corrected chi connectivity index (χ1v) is 10.7. The van der Waals surface area contributed by atoms with E-state index in [-0.39, 0.29) is 0 Å². The van der Waals surface area contributed by atoms with Gasteiger partial charge in [0.25, 0.3) is 0 Å². The molecular formula is C21H25N3O3S. The Balaban J connectivity index is 1.69. The minimum absolute atomic E-state index is 0.476. The molecule has 0 saturated carbocycles. The molecule has 1 heterocycles. The van der Waals surface area contributed by atoms with Gasteiger partial charge in [0.15, 0.2) is 0 Å². The number of benzene rings is 2. The van der Waals surface area contributed by atoms with Crippen LogP contribution in [0.4, 0.5) is 11.4 Å². The van der Waals surface area contributed by atoms with Crippen LogP contribution in [-0.4, -0.2) is 18.7 Å². The van der Waals surface area contributed by atoms with Gasteiger partial charge >= 0.3 is 0 Å². The number of rotatable bonds is 7. The Morgan fingerprint density at radius 1 is 1.04 bits per heavy atom. The van der Waals surface area contributed by atoms with Crippen LogP contribution in [0.25, 0.3) is 11.5 Å². The second-order valence-corrected chi connectivity index (χ2v) is 9.30. The minimum atomic E-state index is -3.35. The molecule has 0 saturated heterocycles. The van der Waals surface area contributed by atoms with E-state index >= 15 is 0 Å². The molecule has 0 amide bonds. The number of hydrogen-bond donors (Lipinski definition) is 2.